The number of ether oxygens (including phenoxy) is 1. The van der Waals surface area contributed by atoms with E-state index in [0.29, 0.717) is 18.7 Å². The number of carbonyl (C=O) groups is 1. The van der Waals surface area contributed by atoms with Crippen molar-refractivity contribution < 1.29 is 9.53 Å². The minimum Gasteiger partial charge on any atom is -0.496 e. The number of methoxy groups -OCH3 is 1. The minimum atomic E-state index is -0.0739. The zero-order valence-electron chi connectivity index (χ0n) is 13.1. The van der Waals surface area contributed by atoms with Gasteiger partial charge in [-0.15, -0.1) is 0 Å². The Balaban J connectivity index is 1.92. The van der Waals surface area contributed by atoms with E-state index in [1.165, 1.54) is 5.56 Å². The van der Waals surface area contributed by atoms with Crippen LogP contribution in [-0.2, 0) is 13.0 Å². The van der Waals surface area contributed by atoms with Gasteiger partial charge in [-0.05, 0) is 42.7 Å². The van der Waals surface area contributed by atoms with Gasteiger partial charge >= 0.3 is 0 Å². The molecule has 0 radical (unpaired) electrons. The fourth-order valence-electron chi connectivity index (χ4n) is 2.31. The van der Waals surface area contributed by atoms with Gasteiger partial charge in [0.15, 0.2) is 0 Å². The van der Waals surface area contributed by atoms with E-state index in [1.54, 1.807) is 19.2 Å². The highest BCUT2D eigenvalue weighted by Gasteiger charge is 2.07. The number of nitrogens with one attached hydrogen (secondary N) is 1. The van der Waals surface area contributed by atoms with E-state index in [2.05, 4.69) is 11.4 Å². The number of hydrogen-bond donors (Lipinski definition) is 2. The second kappa shape index (κ2) is 7.61. The second-order valence-electron chi connectivity index (χ2n) is 5.22. The minimum absolute atomic E-state index is 0.0739. The summed E-state index contributed by atoms with van der Waals surface area (Å²) < 4.78 is 5.34. The van der Waals surface area contributed by atoms with Crippen molar-refractivity contribution in [1.82, 2.24) is 5.32 Å². The van der Waals surface area contributed by atoms with Crippen molar-refractivity contribution in [3.63, 3.8) is 0 Å². The van der Waals surface area contributed by atoms with E-state index in [-0.39, 0.29) is 5.91 Å². The molecule has 2 aromatic carbocycles. The molecule has 0 aromatic heterocycles. The van der Waals surface area contributed by atoms with Crippen molar-refractivity contribution in [1.29, 1.82) is 0 Å². The Morgan fingerprint density at radius 1 is 1.18 bits per heavy atom. The summed E-state index contributed by atoms with van der Waals surface area (Å²) in [5, 5.41) is 2.93. The first kappa shape index (κ1) is 16.0. The Morgan fingerprint density at radius 2 is 1.91 bits per heavy atom. The lowest BCUT2D eigenvalue weighted by molar-refractivity contribution is 0.0954. The van der Waals surface area contributed by atoms with E-state index >= 15 is 0 Å². The first-order valence-electron chi connectivity index (χ1n) is 7.34. The number of nitrogens with two attached hydrogens (primary N) is 1. The van der Waals surface area contributed by atoms with Crippen molar-refractivity contribution in [3.8, 4) is 5.75 Å². The molecule has 116 valence electrons. The van der Waals surface area contributed by atoms with Crippen LogP contribution in [-0.4, -0.2) is 19.6 Å². The van der Waals surface area contributed by atoms with Crippen molar-refractivity contribution in [2.24, 2.45) is 5.73 Å². The smallest absolute Gasteiger partial charge is 0.251 e. The van der Waals surface area contributed by atoms with E-state index < -0.39 is 0 Å². The highest BCUT2D eigenvalue weighted by Crippen LogP contribution is 2.19. The molecule has 1 amide bonds. The molecule has 0 saturated carbocycles. The number of amides is 1. The Labute approximate surface area is 131 Å². The quantitative estimate of drug-likeness (QED) is 0.861. The van der Waals surface area contributed by atoms with Crippen LogP contribution in [0.4, 0.5) is 0 Å². The van der Waals surface area contributed by atoms with E-state index in [1.807, 2.05) is 31.2 Å². The topological polar surface area (TPSA) is 64.3 Å². The van der Waals surface area contributed by atoms with E-state index in [9.17, 15) is 4.79 Å². The van der Waals surface area contributed by atoms with Crippen molar-refractivity contribution >= 4 is 5.91 Å². The number of hydrogen-bond acceptors (Lipinski definition) is 3. The van der Waals surface area contributed by atoms with E-state index in [0.717, 1.165) is 23.3 Å². The molecule has 0 spiro atoms. The standard InChI is InChI=1S/C18H22N2O2/c1-13-3-8-17(22-2)16(11-13)9-10-20-18(21)15-6-4-14(12-19)5-7-15/h3-8,11H,9-10,12,19H2,1-2H3,(H,20,21). The molecular weight excluding hydrogens is 276 g/mol. The zero-order valence-corrected chi connectivity index (χ0v) is 13.1. The molecule has 4 nitrogen and oxygen atoms in total. The van der Waals surface area contributed by atoms with Gasteiger partial charge < -0.3 is 15.8 Å². The molecule has 0 heterocycles. The summed E-state index contributed by atoms with van der Waals surface area (Å²) >= 11 is 0. The Kier molecular flexibility index (Phi) is 5.55. The number of rotatable bonds is 6. The van der Waals surface area contributed by atoms with Crippen LogP contribution in [0.25, 0.3) is 0 Å². The van der Waals surface area contributed by atoms with Crippen LogP contribution < -0.4 is 15.8 Å². The largest absolute Gasteiger partial charge is 0.496 e. The summed E-state index contributed by atoms with van der Waals surface area (Å²) in [5.41, 5.74) is 9.49. The first-order chi connectivity index (χ1) is 10.6. The maximum absolute atomic E-state index is 12.1. The predicted molar refractivity (Wildman–Crippen MR) is 88.1 cm³/mol. The van der Waals surface area contributed by atoms with Gasteiger partial charge in [0, 0.05) is 18.7 Å². The molecule has 0 unspecified atom stereocenters. The summed E-state index contributed by atoms with van der Waals surface area (Å²) in [7, 11) is 1.66. The second-order valence-corrected chi connectivity index (χ2v) is 5.22. The molecule has 22 heavy (non-hydrogen) atoms. The Morgan fingerprint density at radius 3 is 2.55 bits per heavy atom. The molecule has 0 fully saturated rings. The first-order valence-corrected chi connectivity index (χ1v) is 7.34. The normalized spacial score (nSPS) is 10.3. The van der Waals surface area contributed by atoms with Crippen molar-refractivity contribution in [2.75, 3.05) is 13.7 Å². The lowest BCUT2D eigenvalue weighted by Gasteiger charge is -2.10. The summed E-state index contributed by atoms with van der Waals surface area (Å²) in [4.78, 5) is 12.1. The summed E-state index contributed by atoms with van der Waals surface area (Å²) in [6.07, 6.45) is 0.734. The molecule has 0 atom stereocenters. The van der Waals surface area contributed by atoms with Gasteiger partial charge in [-0.25, -0.2) is 0 Å². The van der Waals surface area contributed by atoms with Crippen molar-refractivity contribution in [2.45, 2.75) is 19.9 Å². The van der Waals surface area contributed by atoms with Crippen LogP contribution in [0.15, 0.2) is 42.5 Å². The molecular formula is C18H22N2O2. The Hall–Kier alpha value is -2.33. The van der Waals surface area contributed by atoms with Crippen LogP contribution in [0.2, 0.25) is 0 Å². The molecule has 3 N–H and O–H groups in total. The lowest BCUT2D eigenvalue weighted by Crippen LogP contribution is -2.25. The highest BCUT2D eigenvalue weighted by atomic mass is 16.5. The number of aryl methyl sites for hydroxylation is 1. The molecule has 2 rings (SSSR count). The lowest BCUT2D eigenvalue weighted by atomic mass is 10.1. The number of benzene rings is 2. The van der Waals surface area contributed by atoms with Gasteiger partial charge in [0.2, 0.25) is 0 Å². The third kappa shape index (κ3) is 4.09. The van der Waals surface area contributed by atoms with Gasteiger partial charge in [-0.1, -0.05) is 29.8 Å². The summed E-state index contributed by atoms with van der Waals surface area (Å²) in [6.45, 7) is 3.09. The molecule has 0 bridgehead atoms. The van der Waals surface area contributed by atoms with E-state index in [4.69, 9.17) is 10.5 Å². The van der Waals surface area contributed by atoms with Crippen molar-refractivity contribution in [3.05, 3.63) is 64.7 Å². The Bertz CT molecular complexity index is 636. The average molecular weight is 298 g/mol. The molecule has 0 aliphatic rings. The molecule has 0 aliphatic carbocycles. The SMILES string of the molecule is COc1ccc(C)cc1CCNC(=O)c1ccc(CN)cc1. The highest BCUT2D eigenvalue weighted by molar-refractivity contribution is 5.94. The monoisotopic (exact) mass is 298 g/mol. The fourth-order valence-corrected chi connectivity index (χ4v) is 2.31. The van der Waals surface area contributed by atoms with Crippen LogP contribution in [0, 0.1) is 6.92 Å². The van der Waals surface area contributed by atoms with Crippen LogP contribution in [0.3, 0.4) is 0 Å². The van der Waals surface area contributed by atoms with Crippen LogP contribution in [0.1, 0.15) is 27.0 Å². The average Bonchev–Trinajstić information content (AvgIpc) is 2.55. The summed E-state index contributed by atoms with van der Waals surface area (Å²) in [6, 6.07) is 13.4. The van der Waals surface area contributed by atoms with Crippen LogP contribution in [0.5, 0.6) is 5.75 Å². The molecule has 4 heteroatoms. The van der Waals surface area contributed by atoms with Crippen LogP contribution >= 0.6 is 0 Å². The summed E-state index contributed by atoms with van der Waals surface area (Å²) in [5.74, 6) is 0.780. The number of carbonyl (C=O) groups excluding carboxylic acids is 1. The van der Waals surface area contributed by atoms with Gasteiger partial charge in [-0.3, -0.25) is 4.79 Å². The van der Waals surface area contributed by atoms with Gasteiger partial charge in [0.1, 0.15) is 5.75 Å². The van der Waals surface area contributed by atoms with Gasteiger partial charge in [-0.2, -0.15) is 0 Å². The molecule has 0 aliphatic heterocycles. The fraction of sp³-hybridized carbons (Fsp3) is 0.278. The van der Waals surface area contributed by atoms with Gasteiger partial charge in [0.05, 0.1) is 7.11 Å². The maximum atomic E-state index is 12.1. The predicted octanol–water partition coefficient (Wildman–Crippen LogP) is 2.43. The molecule has 0 saturated heterocycles. The third-order valence-electron chi connectivity index (χ3n) is 3.57. The van der Waals surface area contributed by atoms with Gasteiger partial charge in [0.25, 0.3) is 5.91 Å². The molecule has 2 aromatic rings. The zero-order chi connectivity index (χ0) is 15.9. The maximum Gasteiger partial charge on any atom is 0.251 e. The third-order valence-corrected chi connectivity index (χ3v) is 3.57.